The first-order chi connectivity index (χ1) is 9.33. The largest absolute Gasteiger partial charge is 0.374 e. The van der Waals surface area contributed by atoms with Crippen LogP contribution in [0.15, 0.2) is 0 Å². The Kier molecular flexibility index (Phi) is 4.20. The molecule has 19 heavy (non-hydrogen) atoms. The van der Waals surface area contributed by atoms with E-state index in [2.05, 4.69) is 12.2 Å². The highest BCUT2D eigenvalue weighted by Crippen LogP contribution is 2.47. The number of rotatable bonds is 8. The van der Waals surface area contributed by atoms with E-state index in [-0.39, 0.29) is 6.10 Å². The van der Waals surface area contributed by atoms with E-state index >= 15 is 0 Å². The molecule has 2 saturated carbocycles. The second-order valence-corrected chi connectivity index (χ2v) is 6.92. The molecule has 0 aliphatic heterocycles. The number of aromatic nitrogens is 1. The van der Waals surface area contributed by atoms with Gasteiger partial charge in [-0.05, 0) is 44.6 Å². The van der Waals surface area contributed by atoms with Crippen molar-refractivity contribution in [2.45, 2.75) is 57.6 Å². The van der Waals surface area contributed by atoms with Gasteiger partial charge < -0.3 is 10.1 Å². The van der Waals surface area contributed by atoms with Crippen LogP contribution in [0.3, 0.4) is 0 Å². The Morgan fingerprint density at radius 3 is 2.74 bits per heavy atom. The maximum Gasteiger partial charge on any atom is 0.122 e. The predicted octanol–water partition coefficient (Wildman–Crippen LogP) is 3.62. The highest BCUT2D eigenvalue weighted by molar-refractivity contribution is 7.11. The van der Waals surface area contributed by atoms with Crippen LogP contribution in [-0.2, 0) is 11.3 Å². The minimum Gasteiger partial charge on any atom is -0.374 e. The molecule has 1 heterocycles. The molecule has 106 valence electrons. The maximum atomic E-state index is 5.68. The Hall–Kier alpha value is -0.450. The zero-order valence-electron chi connectivity index (χ0n) is 11.9. The molecule has 1 aromatic rings. The Labute approximate surface area is 119 Å². The van der Waals surface area contributed by atoms with E-state index in [1.54, 1.807) is 0 Å². The van der Waals surface area contributed by atoms with E-state index < -0.39 is 0 Å². The summed E-state index contributed by atoms with van der Waals surface area (Å²) in [7, 11) is 1.83. The second kappa shape index (κ2) is 5.90. The van der Waals surface area contributed by atoms with Gasteiger partial charge in [0.25, 0.3) is 0 Å². The summed E-state index contributed by atoms with van der Waals surface area (Å²) in [6.45, 7) is 4.28. The van der Waals surface area contributed by atoms with Gasteiger partial charge in [-0.1, -0.05) is 6.92 Å². The number of thiazole rings is 1. The van der Waals surface area contributed by atoms with Gasteiger partial charge >= 0.3 is 0 Å². The van der Waals surface area contributed by atoms with Gasteiger partial charge in [-0.25, -0.2) is 4.98 Å². The lowest BCUT2D eigenvalue weighted by atomic mass is 10.2. The molecule has 2 fully saturated rings. The van der Waals surface area contributed by atoms with Gasteiger partial charge in [0.2, 0.25) is 0 Å². The molecule has 0 amide bonds. The normalized spacial score (nSPS) is 20.7. The summed E-state index contributed by atoms with van der Waals surface area (Å²) >= 11 is 1.88. The molecule has 0 radical (unpaired) electrons. The van der Waals surface area contributed by atoms with E-state index in [0.29, 0.717) is 0 Å². The van der Waals surface area contributed by atoms with Gasteiger partial charge in [-0.2, -0.15) is 0 Å². The monoisotopic (exact) mass is 280 g/mol. The van der Waals surface area contributed by atoms with Crippen LogP contribution in [0.25, 0.3) is 0 Å². The molecule has 4 heteroatoms. The van der Waals surface area contributed by atoms with Gasteiger partial charge in [0.1, 0.15) is 11.1 Å². The summed E-state index contributed by atoms with van der Waals surface area (Å²) in [6.07, 6.45) is 6.70. The minimum absolute atomic E-state index is 0.252. The molecule has 0 saturated heterocycles. The molecule has 0 bridgehead atoms. The van der Waals surface area contributed by atoms with Crippen LogP contribution in [0.1, 0.15) is 66.6 Å². The number of hydrogen-bond donors (Lipinski definition) is 1. The zero-order valence-corrected chi connectivity index (χ0v) is 12.8. The third-order valence-electron chi connectivity index (χ3n) is 3.97. The summed E-state index contributed by atoms with van der Waals surface area (Å²) in [5.74, 6) is 1.46. The van der Waals surface area contributed by atoms with Crippen molar-refractivity contribution in [2.24, 2.45) is 5.92 Å². The Balaban J connectivity index is 1.75. The van der Waals surface area contributed by atoms with E-state index in [9.17, 15) is 0 Å². The van der Waals surface area contributed by atoms with Crippen LogP contribution in [0.5, 0.6) is 0 Å². The molecule has 3 nitrogen and oxygen atoms in total. The lowest BCUT2D eigenvalue weighted by Crippen LogP contribution is -2.13. The smallest absolute Gasteiger partial charge is 0.122 e. The fourth-order valence-corrected chi connectivity index (χ4v) is 3.87. The topological polar surface area (TPSA) is 34.1 Å². The van der Waals surface area contributed by atoms with Crippen molar-refractivity contribution in [1.82, 2.24) is 10.3 Å². The number of methoxy groups -OCH3 is 1. The second-order valence-electron chi connectivity index (χ2n) is 5.81. The first kappa shape index (κ1) is 13.5. The lowest BCUT2D eigenvalue weighted by Gasteiger charge is -2.10. The predicted molar refractivity (Wildman–Crippen MR) is 78.6 cm³/mol. The summed E-state index contributed by atoms with van der Waals surface area (Å²) in [5, 5.41) is 4.74. The van der Waals surface area contributed by atoms with Crippen LogP contribution in [-0.4, -0.2) is 18.6 Å². The van der Waals surface area contributed by atoms with Crippen molar-refractivity contribution >= 4 is 11.3 Å². The quantitative estimate of drug-likeness (QED) is 0.739. The van der Waals surface area contributed by atoms with E-state index in [4.69, 9.17) is 9.72 Å². The standard InChI is InChI=1S/C15H24N2OS/c1-3-8-16-9-12-13(10-4-5-10)17-15(19-12)14(18-2)11-6-7-11/h10-11,14,16H,3-9H2,1-2H3. The van der Waals surface area contributed by atoms with Crippen molar-refractivity contribution in [3.63, 3.8) is 0 Å². The van der Waals surface area contributed by atoms with Crippen molar-refractivity contribution in [2.75, 3.05) is 13.7 Å². The molecule has 1 aromatic heterocycles. The van der Waals surface area contributed by atoms with E-state index in [1.165, 1.54) is 47.7 Å². The van der Waals surface area contributed by atoms with Crippen molar-refractivity contribution in [3.05, 3.63) is 15.6 Å². The third-order valence-corrected chi connectivity index (χ3v) is 5.10. The fraction of sp³-hybridized carbons (Fsp3) is 0.800. The SMILES string of the molecule is CCCNCc1sc(C(OC)C2CC2)nc1C1CC1. The summed E-state index contributed by atoms with van der Waals surface area (Å²) in [6, 6.07) is 0. The molecule has 1 unspecified atom stereocenters. The van der Waals surface area contributed by atoms with Gasteiger partial charge in [0.15, 0.2) is 0 Å². The van der Waals surface area contributed by atoms with Crippen LogP contribution in [0.2, 0.25) is 0 Å². The lowest BCUT2D eigenvalue weighted by molar-refractivity contribution is 0.0842. The third kappa shape index (κ3) is 3.18. The average molecular weight is 280 g/mol. The van der Waals surface area contributed by atoms with Crippen LogP contribution >= 0.6 is 11.3 Å². The van der Waals surface area contributed by atoms with Crippen molar-refractivity contribution < 1.29 is 4.74 Å². The highest BCUT2D eigenvalue weighted by Gasteiger charge is 2.37. The molecule has 0 aromatic carbocycles. The Morgan fingerprint density at radius 1 is 1.37 bits per heavy atom. The minimum atomic E-state index is 0.252. The molecule has 2 aliphatic rings. The van der Waals surface area contributed by atoms with Gasteiger partial charge in [-0.3, -0.25) is 0 Å². The first-order valence-electron chi connectivity index (χ1n) is 7.56. The summed E-state index contributed by atoms with van der Waals surface area (Å²) < 4.78 is 5.68. The van der Waals surface area contributed by atoms with Gasteiger partial charge in [0, 0.05) is 24.4 Å². The Bertz CT molecular complexity index is 424. The molecular weight excluding hydrogens is 256 g/mol. The van der Waals surface area contributed by atoms with Crippen LogP contribution in [0.4, 0.5) is 0 Å². The van der Waals surface area contributed by atoms with Crippen molar-refractivity contribution in [1.29, 1.82) is 0 Å². The number of nitrogens with one attached hydrogen (secondary N) is 1. The van der Waals surface area contributed by atoms with Crippen LogP contribution in [0, 0.1) is 5.92 Å². The highest BCUT2D eigenvalue weighted by atomic mass is 32.1. The number of nitrogens with zero attached hydrogens (tertiary/aromatic N) is 1. The number of hydrogen-bond acceptors (Lipinski definition) is 4. The van der Waals surface area contributed by atoms with Gasteiger partial charge in [-0.15, -0.1) is 11.3 Å². The molecule has 1 N–H and O–H groups in total. The zero-order chi connectivity index (χ0) is 13.2. The van der Waals surface area contributed by atoms with Crippen LogP contribution < -0.4 is 5.32 Å². The Morgan fingerprint density at radius 2 is 2.16 bits per heavy atom. The summed E-state index contributed by atoms with van der Waals surface area (Å²) in [5.41, 5.74) is 1.37. The molecule has 0 spiro atoms. The fourth-order valence-electron chi connectivity index (χ4n) is 2.58. The first-order valence-corrected chi connectivity index (χ1v) is 8.38. The summed E-state index contributed by atoms with van der Waals surface area (Å²) in [4.78, 5) is 6.39. The molecular formula is C15H24N2OS. The molecule has 1 atom stereocenters. The van der Waals surface area contributed by atoms with E-state index in [0.717, 1.165) is 24.9 Å². The molecule has 2 aliphatic carbocycles. The van der Waals surface area contributed by atoms with Gasteiger partial charge in [0.05, 0.1) is 5.69 Å². The molecule has 3 rings (SSSR count). The average Bonchev–Trinajstić information content (AvgIpc) is 3.30. The van der Waals surface area contributed by atoms with Crippen molar-refractivity contribution in [3.8, 4) is 0 Å². The maximum absolute atomic E-state index is 5.68. The van der Waals surface area contributed by atoms with E-state index in [1.807, 2.05) is 18.4 Å². The number of ether oxygens (including phenoxy) is 1.